The van der Waals surface area contributed by atoms with Crippen molar-refractivity contribution in [3.63, 3.8) is 0 Å². The normalized spacial score (nSPS) is 27.5. The molecule has 0 spiro atoms. The van der Waals surface area contributed by atoms with E-state index in [1.165, 1.54) is 24.3 Å². The molecular formula is C10H21NS. The first-order valence-corrected chi connectivity index (χ1v) is 6.16. The van der Waals surface area contributed by atoms with Crippen LogP contribution in [0, 0.1) is 11.8 Å². The molecule has 0 aromatic heterocycles. The van der Waals surface area contributed by atoms with Gasteiger partial charge in [0.2, 0.25) is 0 Å². The van der Waals surface area contributed by atoms with Gasteiger partial charge in [-0.05, 0) is 43.2 Å². The summed E-state index contributed by atoms with van der Waals surface area (Å²) in [5.74, 6) is 4.43. The molecule has 1 aliphatic rings. The van der Waals surface area contributed by atoms with Crippen molar-refractivity contribution in [2.75, 3.05) is 18.6 Å². The maximum Gasteiger partial charge on any atom is 0.0123 e. The molecule has 1 nitrogen and oxygen atoms in total. The fourth-order valence-electron chi connectivity index (χ4n) is 2.16. The van der Waals surface area contributed by atoms with Gasteiger partial charge in [0.05, 0.1) is 0 Å². The van der Waals surface area contributed by atoms with E-state index in [-0.39, 0.29) is 0 Å². The monoisotopic (exact) mass is 187 g/mol. The maximum atomic E-state index is 3.46. The van der Waals surface area contributed by atoms with E-state index in [1.807, 2.05) is 0 Å². The van der Waals surface area contributed by atoms with Gasteiger partial charge in [0.15, 0.2) is 0 Å². The van der Waals surface area contributed by atoms with E-state index in [2.05, 4.69) is 38.0 Å². The lowest BCUT2D eigenvalue weighted by Gasteiger charge is -2.32. The lowest BCUT2D eigenvalue weighted by atomic mass is 9.88. The number of hydrogen-bond donors (Lipinski definition) is 1. The van der Waals surface area contributed by atoms with E-state index in [9.17, 15) is 0 Å². The Balaban J connectivity index is 2.40. The van der Waals surface area contributed by atoms with Crippen molar-refractivity contribution >= 4 is 11.8 Å². The molecule has 1 fully saturated rings. The lowest BCUT2D eigenvalue weighted by molar-refractivity contribution is 0.301. The Morgan fingerprint density at radius 1 is 1.42 bits per heavy atom. The third kappa shape index (κ3) is 2.67. The summed E-state index contributed by atoms with van der Waals surface area (Å²) in [4.78, 5) is 0. The van der Waals surface area contributed by atoms with Crippen LogP contribution >= 0.6 is 11.8 Å². The van der Waals surface area contributed by atoms with Gasteiger partial charge in [0.25, 0.3) is 0 Å². The molecule has 0 saturated carbocycles. The van der Waals surface area contributed by atoms with E-state index in [1.54, 1.807) is 0 Å². The molecular weight excluding hydrogens is 166 g/mol. The highest BCUT2D eigenvalue weighted by Crippen LogP contribution is 2.27. The van der Waals surface area contributed by atoms with Crippen LogP contribution in [0.4, 0.5) is 0 Å². The number of hydrogen-bond acceptors (Lipinski definition) is 2. The number of thioether (sulfide) groups is 1. The van der Waals surface area contributed by atoms with Crippen LogP contribution in [-0.2, 0) is 0 Å². The molecule has 0 aromatic carbocycles. The largest absolute Gasteiger partial charge is 0.316 e. The Kier molecular flexibility index (Phi) is 4.44. The van der Waals surface area contributed by atoms with Crippen molar-refractivity contribution in [2.45, 2.75) is 32.7 Å². The summed E-state index contributed by atoms with van der Waals surface area (Å²) in [5.41, 5.74) is 0. The number of rotatable bonds is 3. The summed E-state index contributed by atoms with van der Waals surface area (Å²) in [7, 11) is 2.10. The summed E-state index contributed by atoms with van der Waals surface area (Å²) >= 11 is 2.12. The van der Waals surface area contributed by atoms with Crippen molar-refractivity contribution in [3.05, 3.63) is 0 Å². The van der Waals surface area contributed by atoms with Crippen LogP contribution in [-0.4, -0.2) is 24.6 Å². The van der Waals surface area contributed by atoms with Crippen LogP contribution in [0.25, 0.3) is 0 Å². The van der Waals surface area contributed by atoms with Gasteiger partial charge in [-0.2, -0.15) is 11.8 Å². The first-order valence-electron chi connectivity index (χ1n) is 5.00. The Hall–Kier alpha value is 0.310. The molecule has 72 valence electrons. The van der Waals surface area contributed by atoms with Crippen LogP contribution in [0.2, 0.25) is 0 Å². The van der Waals surface area contributed by atoms with E-state index < -0.39 is 0 Å². The first kappa shape index (κ1) is 10.4. The molecule has 1 heterocycles. The van der Waals surface area contributed by atoms with Gasteiger partial charge in [0.1, 0.15) is 0 Å². The molecule has 2 heteroatoms. The summed E-state index contributed by atoms with van der Waals surface area (Å²) < 4.78 is 0. The third-order valence-corrected chi connectivity index (χ3v) is 4.00. The fraction of sp³-hybridized carbons (Fsp3) is 1.00. The Morgan fingerprint density at radius 3 is 2.58 bits per heavy atom. The topological polar surface area (TPSA) is 12.0 Å². The van der Waals surface area contributed by atoms with Crippen molar-refractivity contribution < 1.29 is 0 Å². The van der Waals surface area contributed by atoms with E-state index >= 15 is 0 Å². The van der Waals surface area contributed by atoms with Gasteiger partial charge in [-0.15, -0.1) is 0 Å². The molecule has 0 aromatic rings. The molecule has 1 N–H and O–H groups in total. The van der Waals surface area contributed by atoms with Crippen LogP contribution in [0.3, 0.4) is 0 Å². The van der Waals surface area contributed by atoms with Gasteiger partial charge in [-0.1, -0.05) is 13.8 Å². The van der Waals surface area contributed by atoms with E-state index in [4.69, 9.17) is 0 Å². The molecule has 0 bridgehead atoms. The van der Waals surface area contributed by atoms with E-state index in [0.717, 1.165) is 17.9 Å². The zero-order valence-electron chi connectivity index (χ0n) is 8.47. The highest BCUT2D eigenvalue weighted by Gasteiger charge is 2.24. The first-order chi connectivity index (χ1) is 5.75. The minimum atomic E-state index is 0.734. The standard InChI is InChI=1S/C10H21NS/c1-8(2)10(11-3)9-5-4-6-12-7-9/h8-11H,4-7H2,1-3H3. The molecule has 0 amide bonds. The highest BCUT2D eigenvalue weighted by molar-refractivity contribution is 7.99. The number of nitrogens with one attached hydrogen (secondary N) is 1. The minimum absolute atomic E-state index is 0.734. The molecule has 2 atom stereocenters. The summed E-state index contributed by atoms with van der Waals surface area (Å²) in [6.45, 7) is 4.64. The maximum absolute atomic E-state index is 3.46. The predicted octanol–water partition coefficient (Wildman–Crippen LogP) is 2.37. The molecule has 1 rings (SSSR count). The molecule has 2 unspecified atom stereocenters. The average molecular weight is 187 g/mol. The fourth-order valence-corrected chi connectivity index (χ4v) is 3.38. The van der Waals surface area contributed by atoms with Crippen molar-refractivity contribution in [2.24, 2.45) is 11.8 Å². The Morgan fingerprint density at radius 2 is 2.17 bits per heavy atom. The third-order valence-electron chi connectivity index (χ3n) is 2.75. The second kappa shape index (κ2) is 5.13. The summed E-state index contributed by atoms with van der Waals surface area (Å²) in [5, 5.41) is 3.46. The summed E-state index contributed by atoms with van der Waals surface area (Å²) in [6.07, 6.45) is 2.84. The van der Waals surface area contributed by atoms with Crippen molar-refractivity contribution in [1.29, 1.82) is 0 Å². The van der Waals surface area contributed by atoms with E-state index in [0.29, 0.717) is 0 Å². The lowest BCUT2D eigenvalue weighted by Crippen LogP contribution is -2.40. The molecule has 12 heavy (non-hydrogen) atoms. The Bertz CT molecular complexity index is 119. The van der Waals surface area contributed by atoms with Crippen LogP contribution in [0.5, 0.6) is 0 Å². The van der Waals surface area contributed by atoms with Gasteiger partial charge in [0, 0.05) is 6.04 Å². The molecule has 0 aliphatic carbocycles. The van der Waals surface area contributed by atoms with Gasteiger partial charge in [-0.25, -0.2) is 0 Å². The summed E-state index contributed by atoms with van der Waals surface area (Å²) in [6, 6.07) is 0.734. The zero-order valence-corrected chi connectivity index (χ0v) is 9.29. The van der Waals surface area contributed by atoms with Crippen molar-refractivity contribution in [1.82, 2.24) is 5.32 Å². The molecule has 1 saturated heterocycles. The van der Waals surface area contributed by atoms with Crippen LogP contribution < -0.4 is 5.32 Å². The smallest absolute Gasteiger partial charge is 0.0123 e. The average Bonchev–Trinajstić information content (AvgIpc) is 2.07. The van der Waals surface area contributed by atoms with Crippen LogP contribution in [0.15, 0.2) is 0 Å². The van der Waals surface area contributed by atoms with Gasteiger partial charge in [-0.3, -0.25) is 0 Å². The molecule has 0 radical (unpaired) electrons. The minimum Gasteiger partial charge on any atom is -0.316 e. The van der Waals surface area contributed by atoms with Gasteiger partial charge >= 0.3 is 0 Å². The SMILES string of the molecule is CNC(C(C)C)C1CCCSC1. The Labute approximate surface area is 80.7 Å². The van der Waals surface area contributed by atoms with Crippen molar-refractivity contribution in [3.8, 4) is 0 Å². The van der Waals surface area contributed by atoms with Crippen LogP contribution in [0.1, 0.15) is 26.7 Å². The highest BCUT2D eigenvalue weighted by atomic mass is 32.2. The second-order valence-electron chi connectivity index (χ2n) is 4.04. The molecule has 1 aliphatic heterocycles. The predicted molar refractivity (Wildman–Crippen MR) is 57.7 cm³/mol. The second-order valence-corrected chi connectivity index (χ2v) is 5.19. The van der Waals surface area contributed by atoms with Gasteiger partial charge < -0.3 is 5.32 Å². The quantitative estimate of drug-likeness (QED) is 0.728. The zero-order chi connectivity index (χ0) is 8.97.